The molecule has 3 nitrogen and oxygen atoms in total. The molecule has 0 spiro atoms. The van der Waals surface area contributed by atoms with Crippen LogP contribution in [0.25, 0.3) is 0 Å². The predicted octanol–water partition coefficient (Wildman–Crippen LogP) is 2.65. The van der Waals surface area contributed by atoms with Gasteiger partial charge in [-0.25, -0.2) is 0 Å². The summed E-state index contributed by atoms with van der Waals surface area (Å²) in [4.78, 5) is 11.1. The van der Waals surface area contributed by atoms with E-state index in [-0.39, 0.29) is 6.04 Å². The molecule has 1 aliphatic rings. The Morgan fingerprint density at radius 2 is 2.00 bits per heavy atom. The zero-order chi connectivity index (χ0) is 12.1. The van der Waals surface area contributed by atoms with Gasteiger partial charge in [0.1, 0.15) is 6.04 Å². The highest BCUT2D eigenvalue weighted by atomic mass is 16.4. The number of carboxylic acid groups (broad SMARTS) is 1. The Bertz CT molecular complexity index is 224. The van der Waals surface area contributed by atoms with Crippen molar-refractivity contribution in [3.8, 4) is 0 Å². The molecule has 0 amide bonds. The second-order valence-electron chi connectivity index (χ2n) is 5.62. The number of aliphatic carboxylic acids is 1. The predicted molar refractivity (Wildman–Crippen MR) is 65.4 cm³/mol. The van der Waals surface area contributed by atoms with Gasteiger partial charge in [0.05, 0.1) is 0 Å². The quantitative estimate of drug-likeness (QED) is 0.703. The van der Waals surface area contributed by atoms with Crippen LogP contribution in [0.5, 0.6) is 0 Å². The topological polar surface area (TPSA) is 49.3 Å². The summed E-state index contributed by atoms with van der Waals surface area (Å²) in [6.07, 6.45) is 5.85. The molecular formula is C13H25NO2. The Morgan fingerprint density at radius 3 is 2.38 bits per heavy atom. The van der Waals surface area contributed by atoms with E-state index >= 15 is 0 Å². The first-order valence-corrected chi connectivity index (χ1v) is 6.48. The Kier molecular flexibility index (Phi) is 5.26. The van der Waals surface area contributed by atoms with Crippen LogP contribution in [-0.2, 0) is 4.79 Å². The average molecular weight is 227 g/mol. The van der Waals surface area contributed by atoms with Crippen molar-refractivity contribution in [2.75, 3.05) is 0 Å². The molecule has 1 fully saturated rings. The first kappa shape index (κ1) is 13.5. The molecule has 1 saturated carbocycles. The lowest BCUT2D eigenvalue weighted by Gasteiger charge is -2.30. The molecule has 2 N–H and O–H groups in total. The lowest BCUT2D eigenvalue weighted by molar-refractivity contribution is -0.140. The minimum Gasteiger partial charge on any atom is -0.480 e. The van der Waals surface area contributed by atoms with E-state index < -0.39 is 5.97 Å². The summed E-state index contributed by atoms with van der Waals surface area (Å²) in [6, 6.07) is -0.0553. The maximum atomic E-state index is 11.1. The fourth-order valence-corrected chi connectivity index (χ4v) is 2.35. The number of carbonyl (C=O) groups is 1. The fourth-order valence-electron chi connectivity index (χ4n) is 2.35. The second-order valence-corrected chi connectivity index (χ2v) is 5.62. The van der Waals surface area contributed by atoms with Gasteiger partial charge in [-0.2, -0.15) is 0 Å². The van der Waals surface area contributed by atoms with Crippen LogP contribution in [0.4, 0.5) is 0 Å². The van der Waals surface area contributed by atoms with Gasteiger partial charge in [0, 0.05) is 6.04 Å². The molecule has 1 rings (SSSR count). The van der Waals surface area contributed by atoms with E-state index in [0.29, 0.717) is 18.4 Å². The molecule has 0 aromatic carbocycles. The van der Waals surface area contributed by atoms with Crippen molar-refractivity contribution in [2.45, 2.75) is 65.0 Å². The third kappa shape index (κ3) is 4.52. The number of hydrogen-bond donors (Lipinski definition) is 2. The van der Waals surface area contributed by atoms with Crippen molar-refractivity contribution in [1.29, 1.82) is 0 Å². The largest absolute Gasteiger partial charge is 0.480 e. The Morgan fingerprint density at radius 1 is 1.38 bits per heavy atom. The molecule has 0 aromatic heterocycles. The lowest BCUT2D eigenvalue weighted by Crippen LogP contribution is -2.43. The van der Waals surface area contributed by atoms with Crippen LogP contribution >= 0.6 is 0 Å². The smallest absolute Gasteiger partial charge is 0.320 e. The van der Waals surface area contributed by atoms with Gasteiger partial charge < -0.3 is 10.4 Å². The van der Waals surface area contributed by atoms with Crippen molar-refractivity contribution in [3.63, 3.8) is 0 Å². The van der Waals surface area contributed by atoms with Gasteiger partial charge in [-0.3, -0.25) is 4.79 Å². The van der Waals surface area contributed by atoms with Crippen molar-refractivity contribution in [1.82, 2.24) is 5.32 Å². The molecule has 0 aliphatic heterocycles. The molecule has 0 saturated heterocycles. The van der Waals surface area contributed by atoms with Gasteiger partial charge in [0.15, 0.2) is 0 Å². The molecule has 2 unspecified atom stereocenters. The molecule has 0 aromatic rings. The van der Waals surface area contributed by atoms with E-state index in [2.05, 4.69) is 26.1 Å². The van der Waals surface area contributed by atoms with Crippen molar-refractivity contribution in [3.05, 3.63) is 0 Å². The number of hydrogen-bond acceptors (Lipinski definition) is 2. The minimum absolute atomic E-state index is 0.324. The van der Waals surface area contributed by atoms with Crippen LogP contribution < -0.4 is 5.32 Å². The van der Waals surface area contributed by atoms with E-state index in [1.165, 1.54) is 19.3 Å². The lowest BCUT2D eigenvalue weighted by atomic mass is 9.81. The summed E-state index contributed by atoms with van der Waals surface area (Å²) in [6.45, 7) is 6.23. The van der Waals surface area contributed by atoms with Gasteiger partial charge in [-0.15, -0.1) is 0 Å². The number of nitrogens with one attached hydrogen (secondary N) is 1. The summed E-state index contributed by atoms with van der Waals surface area (Å²) in [5.41, 5.74) is 0. The van der Waals surface area contributed by atoms with Crippen LogP contribution in [0.3, 0.4) is 0 Å². The van der Waals surface area contributed by atoms with Crippen LogP contribution in [0.15, 0.2) is 0 Å². The fraction of sp³-hybridized carbons (Fsp3) is 0.923. The Labute approximate surface area is 98.6 Å². The van der Waals surface area contributed by atoms with Crippen LogP contribution in [0, 0.1) is 11.8 Å². The van der Waals surface area contributed by atoms with Crippen LogP contribution in [-0.4, -0.2) is 23.2 Å². The van der Waals surface area contributed by atoms with Gasteiger partial charge in [-0.1, -0.05) is 33.1 Å². The standard InChI is InChI=1S/C13H25NO2/c1-9(2)7-12(13(15)16)14-10(3)8-11-5-4-6-11/h9-12,14H,4-8H2,1-3H3,(H,15,16). The summed E-state index contributed by atoms with van der Waals surface area (Å²) in [5, 5.41) is 12.4. The summed E-state index contributed by atoms with van der Waals surface area (Å²) < 4.78 is 0. The minimum atomic E-state index is -0.714. The molecular weight excluding hydrogens is 202 g/mol. The van der Waals surface area contributed by atoms with Crippen LogP contribution in [0.1, 0.15) is 52.9 Å². The molecule has 0 bridgehead atoms. The summed E-state index contributed by atoms with van der Waals surface area (Å²) in [7, 11) is 0. The van der Waals surface area contributed by atoms with Crippen LogP contribution in [0.2, 0.25) is 0 Å². The number of rotatable bonds is 7. The van der Waals surface area contributed by atoms with Gasteiger partial charge in [-0.05, 0) is 31.6 Å². The molecule has 0 heterocycles. The molecule has 16 heavy (non-hydrogen) atoms. The SMILES string of the molecule is CC(C)CC(NC(C)CC1CCC1)C(=O)O. The Balaban J connectivity index is 2.31. The highest BCUT2D eigenvalue weighted by Crippen LogP contribution is 2.30. The van der Waals surface area contributed by atoms with E-state index in [4.69, 9.17) is 5.11 Å². The van der Waals surface area contributed by atoms with E-state index in [1.54, 1.807) is 0 Å². The maximum Gasteiger partial charge on any atom is 0.320 e. The normalized spacial score (nSPS) is 20.5. The monoisotopic (exact) mass is 227 g/mol. The molecule has 94 valence electrons. The first-order chi connectivity index (χ1) is 7.49. The molecule has 3 heteroatoms. The highest BCUT2D eigenvalue weighted by molar-refractivity contribution is 5.73. The third-order valence-electron chi connectivity index (χ3n) is 3.40. The zero-order valence-corrected chi connectivity index (χ0v) is 10.7. The van der Waals surface area contributed by atoms with Crippen molar-refractivity contribution in [2.24, 2.45) is 11.8 Å². The second kappa shape index (κ2) is 6.24. The molecule has 1 aliphatic carbocycles. The number of carboxylic acids is 1. The van der Waals surface area contributed by atoms with E-state index in [0.717, 1.165) is 12.3 Å². The highest BCUT2D eigenvalue weighted by Gasteiger charge is 2.24. The average Bonchev–Trinajstić information content (AvgIpc) is 2.09. The van der Waals surface area contributed by atoms with Gasteiger partial charge in [0.25, 0.3) is 0 Å². The summed E-state index contributed by atoms with van der Waals surface area (Å²) >= 11 is 0. The molecule has 0 radical (unpaired) electrons. The van der Waals surface area contributed by atoms with Crippen molar-refractivity contribution >= 4 is 5.97 Å². The van der Waals surface area contributed by atoms with Crippen molar-refractivity contribution < 1.29 is 9.90 Å². The summed E-state index contributed by atoms with van der Waals surface area (Å²) in [5.74, 6) is 0.537. The van der Waals surface area contributed by atoms with E-state index in [9.17, 15) is 4.79 Å². The maximum absolute atomic E-state index is 11.1. The molecule has 2 atom stereocenters. The van der Waals surface area contributed by atoms with Gasteiger partial charge >= 0.3 is 5.97 Å². The van der Waals surface area contributed by atoms with E-state index in [1.807, 2.05) is 0 Å². The van der Waals surface area contributed by atoms with Gasteiger partial charge in [0.2, 0.25) is 0 Å². The third-order valence-corrected chi connectivity index (χ3v) is 3.40. The Hall–Kier alpha value is -0.570. The first-order valence-electron chi connectivity index (χ1n) is 6.48. The zero-order valence-electron chi connectivity index (χ0n) is 10.7.